The summed E-state index contributed by atoms with van der Waals surface area (Å²) in [6.07, 6.45) is 4.96. The van der Waals surface area contributed by atoms with Gasteiger partial charge in [-0.05, 0) is 43.7 Å². The Morgan fingerprint density at radius 2 is 2.21 bits per heavy atom. The lowest BCUT2D eigenvalue weighted by Gasteiger charge is -2.26. The van der Waals surface area contributed by atoms with Crippen molar-refractivity contribution < 1.29 is 9.90 Å². The quantitative estimate of drug-likeness (QED) is 0.877. The second-order valence-electron chi connectivity index (χ2n) is 5.87. The summed E-state index contributed by atoms with van der Waals surface area (Å²) in [4.78, 5) is 12.1. The fourth-order valence-electron chi connectivity index (χ4n) is 2.91. The first-order valence-corrected chi connectivity index (χ1v) is 7.14. The number of benzene rings is 1. The summed E-state index contributed by atoms with van der Waals surface area (Å²) >= 11 is 0. The van der Waals surface area contributed by atoms with E-state index in [2.05, 4.69) is 12.2 Å². The van der Waals surface area contributed by atoms with E-state index in [0.717, 1.165) is 18.0 Å². The lowest BCUT2D eigenvalue weighted by molar-refractivity contribution is 0.0938. The van der Waals surface area contributed by atoms with Crippen LogP contribution in [0.5, 0.6) is 5.75 Å². The zero-order valence-corrected chi connectivity index (χ0v) is 11.8. The molecule has 0 saturated heterocycles. The maximum Gasteiger partial charge on any atom is 0.255 e. The molecule has 3 heteroatoms. The lowest BCUT2D eigenvalue weighted by atomic mass is 9.82. The maximum atomic E-state index is 12.1. The van der Waals surface area contributed by atoms with Gasteiger partial charge in [-0.25, -0.2) is 0 Å². The summed E-state index contributed by atoms with van der Waals surface area (Å²) in [5.41, 5.74) is 1.36. The molecule has 1 fully saturated rings. The molecular weight excluding hydrogens is 238 g/mol. The van der Waals surface area contributed by atoms with Crippen molar-refractivity contribution >= 4 is 5.91 Å². The van der Waals surface area contributed by atoms with Crippen molar-refractivity contribution in [2.45, 2.75) is 39.5 Å². The molecule has 0 aliphatic heterocycles. The zero-order chi connectivity index (χ0) is 13.8. The molecule has 1 aromatic rings. The van der Waals surface area contributed by atoms with Gasteiger partial charge < -0.3 is 10.4 Å². The van der Waals surface area contributed by atoms with Crippen LogP contribution in [0.25, 0.3) is 0 Å². The van der Waals surface area contributed by atoms with Crippen molar-refractivity contribution in [1.82, 2.24) is 5.32 Å². The normalized spacial score (nSPS) is 23.1. The number of carbonyl (C=O) groups is 1. The first kappa shape index (κ1) is 13.9. The highest BCUT2D eigenvalue weighted by molar-refractivity contribution is 5.96. The van der Waals surface area contributed by atoms with Crippen molar-refractivity contribution in [3.8, 4) is 5.75 Å². The monoisotopic (exact) mass is 261 g/mol. The number of amides is 1. The number of rotatable bonds is 3. The van der Waals surface area contributed by atoms with Crippen LogP contribution in [-0.2, 0) is 0 Å². The highest BCUT2D eigenvalue weighted by Crippen LogP contribution is 2.28. The van der Waals surface area contributed by atoms with Crippen molar-refractivity contribution in [2.75, 3.05) is 6.54 Å². The molecule has 1 aliphatic rings. The van der Waals surface area contributed by atoms with E-state index in [1.807, 2.05) is 6.92 Å². The van der Waals surface area contributed by atoms with Crippen LogP contribution >= 0.6 is 0 Å². The Labute approximate surface area is 115 Å². The number of hydrogen-bond acceptors (Lipinski definition) is 2. The van der Waals surface area contributed by atoms with Gasteiger partial charge >= 0.3 is 0 Å². The SMILES string of the molecule is Cc1ccc(O)c(C(=O)NCC2CCCC(C)C2)c1. The summed E-state index contributed by atoms with van der Waals surface area (Å²) < 4.78 is 0. The Morgan fingerprint density at radius 1 is 1.42 bits per heavy atom. The fourth-order valence-corrected chi connectivity index (χ4v) is 2.91. The summed E-state index contributed by atoms with van der Waals surface area (Å²) in [6.45, 7) is 4.91. The molecule has 2 N–H and O–H groups in total. The van der Waals surface area contributed by atoms with Crippen LogP contribution < -0.4 is 5.32 Å². The van der Waals surface area contributed by atoms with Gasteiger partial charge in [0.05, 0.1) is 5.56 Å². The molecule has 0 aromatic heterocycles. The van der Waals surface area contributed by atoms with Gasteiger partial charge in [-0.1, -0.05) is 31.4 Å². The molecule has 19 heavy (non-hydrogen) atoms. The third kappa shape index (κ3) is 3.72. The number of phenols is 1. The van der Waals surface area contributed by atoms with E-state index in [1.54, 1.807) is 18.2 Å². The van der Waals surface area contributed by atoms with Crippen molar-refractivity contribution in [3.05, 3.63) is 29.3 Å². The Hall–Kier alpha value is -1.51. The topological polar surface area (TPSA) is 49.3 Å². The van der Waals surface area contributed by atoms with Crippen LogP contribution in [0.15, 0.2) is 18.2 Å². The summed E-state index contributed by atoms with van der Waals surface area (Å²) in [7, 11) is 0. The van der Waals surface area contributed by atoms with Crippen LogP contribution in [0, 0.1) is 18.8 Å². The van der Waals surface area contributed by atoms with Gasteiger partial charge in [0.15, 0.2) is 0 Å². The molecular formula is C16H23NO2. The van der Waals surface area contributed by atoms with Gasteiger partial charge in [-0.2, -0.15) is 0 Å². The highest BCUT2D eigenvalue weighted by Gasteiger charge is 2.20. The second kappa shape index (κ2) is 6.09. The number of carbonyl (C=O) groups excluding carboxylic acids is 1. The van der Waals surface area contributed by atoms with E-state index < -0.39 is 0 Å². The first-order chi connectivity index (χ1) is 9.06. The third-order valence-electron chi connectivity index (χ3n) is 3.99. The molecule has 2 atom stereocenters. The number of aryl methyl sites for hydroxylation is 1. The molecule has 0 bridgehead atoms. The predicted molar refractivity (Wildman–Crippen MR) is 76.3 cm³/mol. The zero-order valence-electron chi connectivity index (χ0n) is 11.8. The number of aromatic hydroxyl groups is 1. The van der Waals surface area contributed by atoms with Gasteiger partial charge in [0.2, 0.25) is 0 Å². The van der Waals surface area contributed by atoms with Gasteiger partial charge in [0.25, 0.3) is 5.91 Å². The second-order valence-corrected chi connectivity index (χ2v) is 5.87. The van der Waals surface area contributed by atoms with Crippen molar-refractivity contribution in [1.29, 1.82) is 0 Å². The van der Waals surface area contributed by atoms with E-state index in [1.165, 1.54) is 25.7 Å². The largest absolute Gasteiger partial charge is 0.507 e. The van der Waals surface area contributed by atoms with Crippen LogP contribution in [0.1, 0.15) is 48.5 Å². The van der Waals surface area contributed by atoms with E-state index in [4.69, 9.17) is 0 Å². The Morgan fingerprint density at radius 3 is 2.95 bits per heavy atom. The van der Waals surface area contributed by atoms with Crippen molar-refractivity contribution in [2.24, 2.45) is 11.8 Å². The Bertz CT molecular complexity index is 456. The molecule has 1 aliphatic carbocycles. The average molecular weight is 261 g/mol. The van der Waals surface area contributed by atoms with Gasteiger partial charge in [0, 0.05) is 6.54 Å². The molecule has 3 nitrogen and oxygen atoms in total. The molecule has 2 rings (SSSR count). The Balaban J connectivity index is 1.92. The molecule has 104 valence electrons. The van der Waals surface area contributed by atoms with E-state index in [9.17, 15) is 9.90 Å². The summed E-state index contributed by atoms with van der Waals surface area (Å²) in [5, 5.41) is 12.7. The minimum absolute atomic E-state index is 0.0557. The highest BCUT2D eigenvalue weighted by atomic mass is 16.3. The molecule has 0 spiro atoms. The average Bonchev–Trinajstić information content (AvgIpc) is 2.39. The molecule has 1 saturated carbocycles. The van der Waals surface area contributed by atoms with Crippen LogP contribution in [0.2, 0.25) is 0 Å². The number of phenolic OH excluding ortho intramolecular Hbond substituents is 1. The molecule has 0 radical (unpaired) electrons. The van der Waals surface area contributed by atoms with Gasteiger partial charge in [-0.15, -0.1) is 0 Å². The smallest absolute Gasteiger partial charge is 0.255 e. The standard InChI is InChI=1S/C16H23NO2/c1-11-4-3-5-13(8-11)10-17-16(19)14-9-12(2)6-7-15(14)18/h6-7,9,11,13,18H,3-5,8,10H2,1-2H3,(H,17,19). The lowest BCUT2D eigenvalue weighted by Crippen LogP contribution is -2.31. The van der Waals surface area contributed by atoms with Crippen molar-refractivity contribution in [3.63, 3.8) is 0 Å². The molecule has 1 aromatic carbocycles. The summed E-state index contributed by atoms with van der Waals surface area (Å²) in [6, 6.07) is 5.11. The van der Waals surface area contributed by atoms with Crippen LogP contribution in [0.3, 0.4) is 0 Å². The summed E-state index contributed by atoms with van der Waals surface area (Å²) in [5.74, 6) is 1.24. The molecule has 0 heterocycles. The van der Waals surface area contributed by atoms with E-state index >= 15 is 0 Å². The first-order valence-electron chi connectivity index (χ1n) is 7.14. The van der Waals surface area contributed by atoms with Crippen LogP contribution in [-0.4, -0.2) is 17.6 Å². The Kier molecular flexibility index (Phi) is 4.46. The molecule has 2 unspecified atom stereocenters. The van der Waals surface area contributed by atoms with Gasteiger partial charge in [0.1, 0.15) is 5.75 Å². The maximum absolute atomic E-state index is 12.1. The van der Waals surface area contributed by atoms with Gasteiger partial charge in [-0.3, -0.25) is 4.79 Å². The number of hydrogen-bond donors (Lipinski definition) is 2. The number of nitrogens with one attached hydrogen (secondary N) is 1. The minimum atomic E-state index is -0.167. The van der Waals surface area contributed by atoms with E-state index in [-0.39, 0.29) is 11.7 Å². The fraction of sp³-hybridized carbons (Fsp3) is 0.562. The molecule has 1 amide bonds. The van der Waals surface area contributed by atoms with E-state index in [0.29, 0.717) is 11.5 Å². The predicted octanol–water partition coefficient (Wildman–Crippen LogP) is 3.26. The third-order valence-corrected chi connectivity index (χ3v) is 3.99. The van der Waals surface area contributed by atoms with Crippen LogP contribution in [0.4, 0.5) is 0 Å². The minimum Gasteiger partial charge on any atom is -0.507 e.